The maximum Gasteiger partial charge on any atom is 0.251 e. The molecule has 1 aliphatic carbocycles. The van der Waals surface area contributed by atoms with E-state index in [1.165, 1.54) is 18.9 Å². The second-order valence-corrected chi connectivity index (χ2v) is 9.59. The first-order valence-electron chi connectivity index (χ1n) is 12.0. The lowest BCUT2D eigenvalue weighted by molar-refractivity contribution is -0.117. The molecule has 3 heterocycles. The molecule has 9 heteroatoms. The SMILES string of the molecule is Cn1ncc(-c2cc(F)c3c(c2)C(C(=O)NC2CCC(F)(F)CC2)=CCN3)c1CN1CCCC1. The van der Waals surface area contributed by atoms with Crippen molar-refractivity contribution in [3.05, 3.63) is 41.5 Å². The Hall–Kier alpha value is -2.81. The van der Waals surface area contributed by atoms with Crippen LogP contribution in [-0.2, 0) is 18.4 Å². The second-order valence-electron chi connectivity index (χ2n) is 9.59. The Morgan fingerprint density at radius 3 is 2.68 bits per heavy atom. The number of nitrogens with zero attached hydrogens (tertiary/aromatic N) is 3. The first-order valence-corrected chi connectivity index (χ1v) is 12.0. The summed E-state index contributed by atoms with van der Waals surface area (Å²) < 4.78 is 44.0. The van der Waals surface area contributed by atoms with Crippen molar-refractivity contribution in [2.24, 2.45) is 7.05 Å². The van der Waals surface area contributed by atoms with Crippen LogP contribution >= 0.6 is 0 Å². The molecule has 0 bridgehead atoms. The highest BCUT2D eigenvalue weighted by atomic mass is 19.3. The molecule has 2 fully saturated rings. The summed E-state index contributed by atoms with van der Waals surface area (Å²) in [7, 11) is 1.89. The maximum atomic E-state index is 15.2. The number of hydrogen-bond acceptors (Lipinski definition) is 4. The van der Waals surface area contributed by atoms with Gasteiger partial charge < -0.3 is 10.6 Å². The number of fused-ring (bicyclic) bond motifs is 1. The number of nitrogens with one attached hydrogen (secondary N) is 2. The van der Waals surface area contributed by atoms with Gasteiger partial charge in [-0.2, -0.15) is 5.10 Å². The van der Waals surface area contributed by atoms with Gasteiger partial charge in [0, 0.05) is 55.7 Å². The summed E-state index contributed by atoms with van der Waals surface area (Å²) in [6.07, 6.45) is 5.84. The molecule has 2 aromatic rings. The number of rotatable bonds is 5. The van der Waals surface area contributed by atoms with Gasteiger partial charge in [-0.3, -0.25) is 14.4 Å². The molecule has 1 aromatic carbocycles. The summed E-state index contributed by atoms with van der Waals surface area (Å²) in [6.45, 7) is 3.13. The maximum absolute atomic E-state index is 15.2. The first kappa shape index (κ1) is 23.0. The van der Waals surface area contributed by atoms with Gasteiger partial charge in [-0.15, -0.1) is 0 Å². The molecule has 5 rings (SSSR count). The Kier molecular flexibility index (Phi) is 6.14. The van der Waals surface area contributed by atoms with Gasteiger partial charge in [-0.05, 0) is 56.5 Å². The molecule has 6 nitrogen and oxygen atoms in total. The minimum atomic E-state index is -2.66. The van der Waals surface area contributed by atoms with Gasteiger partial charge >= 0.3 is 0 Å². The number of benzene rings is 1. The number of carbonyl (C=O) groups excluding carboxylic acids is 1. The highest BCUT2D eigenvalue weighted by molar-refractivity contribution is 6.22. The van der Waals surface area contributed by atoms with Crippen molar-refractivity contribution in [3.63, 3.8) is 0 Å². The van der Waals surface area contributed by atoms with E-state index < -0.39 is 11.7 Å². The Balaban J connectivity index is 1.42. The van der Waals surface area contributed by atoms with Crippen LogP contribution in [-0.4, -0.2) is 52.2 Å². The fraction of sp³-hybridized carbons (Fsp3) is 0.520. The van der Waals surface area contributed by atoms with Gasteiger partial charge in [0.25, 0.3) is 5.91 Å². The lowest BCUT2D eigenvalue weighted by Gasteiger charge is -2.29. The van der Waals surface area contributed by atoms with E-state index in [4.69, 9.17) is 0 Å². The zero-order valence-corrected chi connectivity index (χ0v) is 19.3. The molecule has 0 radical (unpaired) electrons. The van der Waals surface area contributed by atoms with Crippen LogP contribution in [0.15, 0.2) is 24.4 Å². The molecule has 1 saturated heterocycles. The molecule has 0 atom stereocenters. The highest BCUT2D eigenvalue weighted by Crippen LogP contribution is 2.37. The summed E-state index contributed by atoms with van der Waals surface area (Å²) in [6, 6.07) is 3.01. The average molecular weight is 474 g/mol. The third-order valence-electron chi connectivity index (χ3n) is 7.21. The molecule has 34 heavy (non-hydrogen) atoms. The van der Waals surface area contributed by atoms with Gasteiger partial charge in [-0.1, -0.05) is 6.08 Å². The highest BCUT2D eigenvalue weighted by Gasteiger charge is 2.36. The van der Waals surface area contributed by atoms with E-state index >= 15 is 4.39 Å². The van der Waals surface area contributed by atoms with Crippen LogP contribution < -0.4 is 10.6 Å². The lowest BCUT2D eigenvalue weighted by atomic mass is 9.91. The third kappa shape index (κ3) is 4.58. The number of likely N-dealkylation sites (tertiary alicyclic amines) is 1. The van der Waals surface area contributed by atoms with E-state index in [0.29, 0.717) is 23.2 Å². The number of hydrogen-bond donors (Lipinski definition) is 2. The molecule has 2 N–H and O–H groups in total. The van der Waals surface area contributed by atoms with E-state index in [0.717, 1.165) is 30.9 Å². The van der Waals surface area contributed by atoms with Crippen molar-refractivity contribution in [1.82, 2.24) is 20.0 Å². The smallest absolute Gasteiger partial charge is 0.251 e. The zero-order chi connectivity index (χ0) is 23.9. The molecule has 182 valence electrons. The van der Waals surface area contributed by atoms with Crippen LogP contribution in [0.3, 0.4) is 0 Å². The van der Waals surface area contributed by atoms with Gasteiger partial charge in [-0.25, -0.2) is 13.2 Å². The minimum Gasteiger partial charge on any atom is -0.379 e. The number of anilines is 1. The number of aromatic nitrogens is 2. The van der Waals surface area contributed by atoms with Crippen LogP contribution in [0.2, 0.25) is 0 Å². The molecule has 1 amide bonds. The topological polar surface area (TPSA) is 62.2 Å². The number of carbonyl (C=O) groups is 1. The Morgan fingerprint density at radius 1 is 1.21 bits per heavy atom. The predicted octanol–water partition coefficient (Wildman–Crippen LogP) is 4.33. The van der Waals surface area contributed by atoms with E-state index in [-0.39, 0.29) is 43.3 Å². The summed E-state index contributed by atoms with van der Waals surface area (Å²) in [5.41, 5.74) is 3.65. The van der Waals surface area contributed by atoms with Crippen LogP contribution in [0.4, 0.5) is 18.9 Å². The van der Waals surface area contributed by atoms with Gasteiger partial charge in [0.15, 0.2) is 0 Å². The van der Waals surface area contributed by atoms with Gasteiger partial charge in [0.05, 0.1) is 17.6 Å². The molecule has 2 aliphatic heterocycles. The van der Waals surface area contributed by atoms with Crippen LogP contribution in [0.1, 0.15) is 49.8 Å². The quantitative estimate of drug-likeness (QED) is 0.679. The molecule has 0 spiro atoms. The van der Waals surface area contributed by atoms with Crippen molar-refractivity contribution >= 4 is 17.2 Å². The largest absolute Gasteiger partial charge is 0.379 e. The first-order chi connectivity index (χ1) is 16.3. The van der Waals surface area contributed by atoms with E-state index in [9.17, 15) is 13.6 Å². The molecule has 0 unspecified atom stereocenters. The van der Waals surface area contributed by atoms with Crippen LogP contribution in [0.25, 0.3) is 16.7 Å². The van der Waals surface area contributed by atoms with E-state index in [1.807, 2.05) is 17.8 Å². The fourth-order valence-corrected chi connectivity index (χ4v) is 5.23. The van der Waals surface area contributed by atoms with Gasteiger partial charge in [0.1, 0.15) is 5.82 Å². The molecular weight excluding hydrogens is 443 g/mol. The van der Waals surface area contributed by atoms with Crippen molar-refractivity contribution in [2.45, 2.75) is 57.0 Å². The number of alkyl halides is 2. The Bertz CT molecular complexity index is 1110. The van der Waals surface area contributed by atoms with Gasteiger partial charge in [0.2, 0.25) is 5.92 Å². The summed E-state index contributed by atoms with van der Waals surface area (Å²) in [5.74, 6) is -3.44. The molecule has 1 saturated carbocycles. The Labute approximate surface area is 197 Å². The Morgan fingerprint density at radius 2 is 1.94 bits per heavy atom. The number of halogens is 3. The van der Waals surface area contributed by atoms with Crippen molar-refractivity contribution in [3.8, 4) is 11.1 Å². The minimum absolute atomic E-state index is 0.227. The van der Waals surface area contributed by atoms with Crippen molar-refractivity contribution in [1.29, 1.82) is 0 Å². The summed E-state index contributed by atoms with van der Waals surface area (Å²) in [4.78, 5) is 15.5. The van der Waals surface area contributed by atoms with Crippen LogP contribution in [0.5, 0.6) is 0 Å². The predicted molar refractivity (Wildman–Crippen MR) is 125 cm³/mol. The zero-order valence-electron chi connectivity index (χ0n) is 19.3. The normalized spacial score (nSPS) is 20.5. The van der Waals surface area contributed by atoms with E-state index in [1.54, 1.807) is 12.3 Å². The van der Waals surface area contributed by atoms with Crippen molar-refractivity contribution in [2.75, 3.05) is 25.0 Å². The second kappa shape index (κ2) is 9.09. The third-order valence-corrected chi connectivity index (χ3v) is 7.21. The molecular formula is C25H30F3N5O. The number of aryl methyl sites for hydroxylation is 1. The van der Waals surface area contributed by atoms with Crippen LogP contribution in [0, 0.1) is 5.82 Å². The van der Waals surface area contributed by atoms with E-state index in [2.05, 4.69) is 20.6 Å². The molecule has 1 aromatic heterocycles. The lowest BCUT2D eigenvalue weighted by Crippen LogP contribution is -2.41. The fourth-order valence-electron chi connectivity index (χ4n) is 5.23. The van der Waals surface area contributed by atoms with Crippen molar-refractivity contribution < 1.29 is 18.0 Å². The monoisotopic (exact) mass is 473 g/mol. The average Bonchev–Trinajstić information content (AvgIpc) is 3.45. The summed E-state index contributed by atoms with van der Waals surface area (Å²) in [5, 5.41) is 10.3. The number of amides is 1. The molecule has 3 aliphatic rings. The standard InChI is InChI=1S/C25H30F3N5O/c1-32-22(15-33-10-2-3-11-33)20(14-30-32)16-12-19-18(6-9-29-23(19)21(26)13-16)24(34)31-17-4-7-25(27,28)8-5-17/h6,12-14,17,29H,2-5,7-11,15H2,1H3,(H,31,34). The summed E-state index contributed by atoms with van der Waals surface area (Å²) >= 11 is 0.